The Morgan fingerprint density at radius 1 is 1.32 bits per heavy atom. The number of imidazole rings is 1. The number of hydrogen-bond donors (Lipinski definition) is 3. The number of H-pyrrole nitrogens is 2. The summed E-state index contributed by atoms with van der Waals surface area (Å²) in [6, 6.07) is 3.95. The zero-order chi connectivity index (χ0) is 13.6. The van der Waals surface area contributed by atoms with Crippen molar-refractivity contribution in [2.45, 2.75) is 32.2 Å². The summed E-state index contributed by atoms with van der Waals surface area (Å²) in [5.41, 5.74) is 9.00. The van der Waals surface area contributed by atoms with Crippen LogP contribution in [0.5, 0.6) is 0 Å². The number of aromatic amines is 2. The van der Waals surface area contributed by atoms with Crippen molar-refractivity contribution in [3.8, 4) is 0 Å². The SMILES string of the molecule is CC1CCCC1C(N)c1cc2[nH]c(=O)[nH]c2cc1Br. The Bertz CT molecular complexity index is 660. The number of benzene rings is 1. The van der Waals surface area contributed by atoms with Crippen molar-refractivity contribution in [3.63, 3.8) is 0 Å². The number of hydrogen-bond acceptors (Lipinski definition) is 2. The highest BCUT2D eigenvalue weighted by Gasteiger charge is 2.30. The summed E-state index contributed by atoms with van der Waals surface area (Å²) in [6.07, 6.45) is 3.72. The minimum Gasteiger partial charge on any atom is -0.324 e. The van der Waals surface area contributed by atoms with Crippen LogP contribution in [0.4, 0.5) is 0 Å². The van der Waals surface area contributed by atoms with Gasteiger partial charge in [-0.25, -0.2) is 4.79 Å². The fraction of sp³-hybridized carbons (Fsp3) is 0.500. The number of nitrogens with one attached hydrogen (secondary N) is 2. The lowest BCUT2D eigenvalue weighted by Gasteiger charge is -2.24. The lowest BCUT2D eigenvalue weighted by Crippen LogP contribution is -2.23. The van der Waals surface area contributed by atoms with E-state index in [1.165, 1.54) is 19.3 Å². The minimum atomic E-state index is -0.179. The van der Waals surface area contributed by atoms with Crippen molar-refractivity contribution in [1.82, 2.24) is 9.97 Å². The van der Waals surface area contributed by atoms with E-state index in [-0.39, 0.29) is 11.7 Å². The monoisotopic (exact) mass is 323 g/mol. The highest BCUT2D eigenvalue weighted by Crippen LogP contribution is 2.41. The summed E-state index contributed by atoms with van der Waals surface area (Å²) in [4.78, 5) is 16.9. The Kier molecular flexibility index (Phi) is 3.27. The lowest BCUT2D eigenvalue weighted by atomic mass is 9.86. The van der Waals surface area contributed by atoms with Crippen LogP contribution >= 0.6 is 15.9 Å². The van der Waals surface area contributed by atoms with E-state index in [9.17, 15) is 4.79 Å². The van der Waals surface area contributed by atoms with Crippen molar-refractivity contribution in [1.29, 1.82) is 0 Å². The van der Waals surface area contributed by atoms with Gasteiger partial charge < -0.3 is 15.7 Å². The Hall–Kier alpha value is -1.07. The third kappa shape index (κ3) is 2.25. The summed E-state index contributed by atoms with van der Waals surface area (Å²) < 4.78 is 0.974. The van der Waals surface area contributed by atoms with Crippen LogP contribution in [0.25, 0.3) is 11.0 Å². The summed E-state index contributed by atoms with van der Waals surface area (Å²) in [7, 11) is 0. The number of aromatic nitrogens is 2. The van der Waals surface area contributed by atoms with E-state index in [1.54, 1.807) is 0 Å². The Morgan fingerprint density at radius 2 is 2.00 bits per heavy atom. The normalized spacial score (nSPS) is 25.0. The summed E-state index contributed by atoms with van der Waals surface area (Å²) in [6.45, 7) is 2.28. The summed E-state index contributed by atoms with van der Waals surface area (Å²) in [5, 5.41) is 0. The maximum atomic E-state index is 11.3. The van der Waals surface area contributed by atoms with E-state index in [0.29, 0.717) is 11.8 Å². The molecule has 1 fully saturated rings. The number of fused-ring (bicyclic) bond motifs is 1. The first kappa shape index (κ1) is 12.9. The molecule has 0 spiro atoms. The third-order valence-electron chi connectivity index (χ3n) is 4.38. The van der Waals surface area contributed by atoms with Crippen LogP contribution in [0, 0.1) is 11.8 Å². The van der Waals surface area contributed by atoms with Gasteiger partial charge >= 0.3 is 5.69 Å². The molecule has 3 atom stereocenters. The molecule has 19 heavy (non-hydrogen) atoms. The van der Waals surface area contributed by atoms with E-state index in [0.717, 1.165) is 21.1 Å². The molecule has 2 aromatic rings. The zero-order valence-corrected chi connectivity index (χ0v) is 12.5. The average Bonchev–Trinajstić information content (AvgIpc) is 2.92. The second-order valence-corrected chi connectivity index (χ2v) is 6.45. The van der Waals surface area contributed by atoms with Gasteiger partial charge in [-0.05, 0) is 36.0 Å². The topological polar surface area (TPSA) is 74.7 Å². The molecule has 4 N–H and O–H groups in total. The van der Waals surface area contributed by atoms with Gasteiger partial charge in [-0.15, -0.1) is 0 Å². The van der Waals surface area contributed by atoms with Gasteiger partial charge in [-0.1, -0.05) is 35.7 Å². The van der Waals surface area contributed by atoms with Crippen LogP contribution in [-0.4, -0.2) is 9.97 Å². The van der Waals surface area contributed by atoms with Crippen LogP contribution in [0.15, 0.2) is 21.4 Å². The third-order valence-corrected chi connectivity index (χ3v) is 5.07. The highest BCUT2D eigenvalue weighted by atomic mass is 79.9. The Balaban J connectivity index is 2.03. The van der Waals surface area contributed by atoms with E-state index in [1.807, 2.05) is 12.1 Å². The van der Waals surface area contributed by atoms with Crippen LogP contribution in [-0.2, 0) is 0 Å². The van der Waals surface area contributed by atoms with Crippen molar-refractivity contribution in [2.75, 3.05) is 0 Å². The molecule has 0 amide bonds. The molecule has 0 saturated heterocycles. The maximum absolute atomic E-state index is 11.3. The first-order chi connectivity index (χ1) is 9.06. The number of nitrogens with two attached hydrogens (primary N) is 1. The molecule has 1 aliphatic rings. The molecule has 1 aromatic heterocycles. The van der Waals surface area contributed by atoms with Gasteiger partial charge in [0.15, 0.2) is 0 Å². The predicted molar refractivity (Wildman–Crippen MR) is 80.1 cm³/mol. The zero-order valence-electron chi connectivity index (χ0n) is 10.9. The molecule has 0 aliphatic heterocycles. The minimum absolute atomic E-state index is 0.0228. The van der Waals surface area contributed by atoms with Crippen molar-refractivity contribution >= 4 is 27.0 Å². The molecule has 3 unspecified atom stereocenters. The molecule has 1 heterocycles. The Labute approximate surface area is 119 Å². The first-order valence-corrected chi connectivity index (χ1v) is 7.52. The number of rotatable bonds is 2. The molecule has 0 bridgehead atoms. The van der Waals surface area contributed by atoms with Crippen molar-refractivity contribution in [3.05, 3.63) is 32.7 Å². The summed E-state index contributed by atoms with van der Waals surface area (Å²) >= 11 is 3.58. The van der Waals surface area contributed by atoms with Crippen LogP contribution in [0.1, 0.15) is 37.8 Å². The van der Waals surface area contributed by atoms with Gasteiger partial charge in [0.05, 0.1) is 11.0 Å². The van der Waals surface area contributed by atoms with Gasteiger partial charge in [-0.3, -0.25) is 0 Å². The van der Waals surface area contributed by atoms with E-state index in [4.69, 9.17) is 5.73 Å². The molecule has 1 saturated carbocycles. The largest absolute Gasteiger partial charge is 0.324 e. The maximum Gasteiger partial charge on any atom is 0.323 e. The van der Waals surface area contributed by atoms with E-state index in [2.05, 4.69) is 32.8 Å². The molecule has 4 nitrogen and oxygen atoms in total. The van der Waals surface area contributed by atoms with Gasteiger partial charge in [0, 0.05) is 10.5 Å². The standard InChI is InChI=1S/C14H18BrN3O/c1-7-3-2-4-8(7)13(16)9-5-11-12(6-10(9)15)18-14(19)17-11/h5-8,13H,2-4,16H2,1H3,(H2,17,18,19). The molecular formula is C14H18BrN3O. The molecule has 1 aliphatic carbocycles. The van der Waals surface area contributed by atoms with Gasteiger partial charge in [0.25, 0.3) is 0 Å². The van der Waals surface area contributed by atoms with Crippen LogP contribution < -0.4 is 11.4 Å². The van der Waals surface area contributed by atoms with E-state index >= 15 is 0 Å². The van der Waals surface area contributed by atoms with Gasteiger partial charge in [-0.2, -0.15) is 0 Å². The molecular weight excluding hydrogens is 306 g/mol. The predicted octanol–water partition coefficient (Wildman–Crippen LogP) is 3.05. The molecule has 0 radical (unpaired) electrons. The van der Waals surface area contributed by atoms with Gasteiger partial charge in [0.1, 0.15) is 0 Å². The highest BCUT2D eigenvalue weighted by molar-refractivity contribution is 9.10. The average molecular weight is 324 g/mol. The van der Waals surface area contributed by atoms with Crippen LogP contribution in [0.3, 0.4) is 0 Å². The molecule has 5 heteroatoms. The number of halogens is 1. The quantitative estimate of drug-likeness (QED) is 0.794. The Morgan fingerprint density at radius 3 is 2.63 bits per heavy atom. The van der Waals surface area contributed by atoms with Crippen molar-refractivity contribution < 1.29 is 0 Å². The van der Waals surface area contributed by atoms with Crippen LogP contribution in [0.2, 0.25) is 0 Å². The first-order valence-electron chi connectivity index (χ1n) is 6.73. The molecule has 102 valence electrons. The second-order valence-electron chi connectivity index (χ2n) is 5.60. The molecule has 1 aromatic carbocycles. The fourth-order valence-corrected chi connectivity index (χ4v) is 3.87. The summed E-state index contributed by atoms with van der Waals surface area (Å²) in [5.74, 6) is 1.20. The molecule has 3 rings (SSSR count). The second kappa shape index (κ2) is 4.80. The smallest absolute Gasteiger partial charge is 0.323 e. The van der Waals surface area contributed by atoms with E-state index < -0.39 is 0 Å². The fourth-order valence-electron chi connectivity index (χ4n) is 3.27. The lowest BCUT2D eigenvalue weighted by molar-refractivity contribution is 0.350. The van der Waals surface area contributed by atoms with Crippen molar-refractivity contribution in [2.24, 2.45) is 17.6 Å². The van der Waals surface area contributed by atoms with Gasteiger partial charge in [0.2, 0.25) is 0 Å².